The van der Waals surface area contributed by atoms with Crippen molar-refractivity contribution >= 4 is 6.03 Å². The second kappa shape index (κ2) is 7.73. The molecule has 3 heterocycles. The molecule has 1 atom stereocenters. The van der Waals surface area contributed by atoms with Crippen LogP contribution in [0.5, 0.6) is 0 Å². The van der Waals surface area contributed by atoms with Crippen molar-refractivity contribution in [2.45, 2.75) is 19.1 Å². The van der Waals surface area contributed by atoms with Crippen LogP contribution in [-0.4, -0.2) is 58.0 Å². The fourth-order valence-electron chi connectivity index (χ4n) is 2.60. The zero-order chi connectivity index (χ0) is 15.9. The van der Waals surface area contributed by atoms with Gasteiger partial charge in [0.2, 0.25) is 0 Å². The quantitative estimate of drug-likeness (QED) is 0.891. The van der Waals surface area contributed by atoms with E-state index >= 15 is 0 Å². The molecular weight excluding hydrogens is 294 g/mol. The molecule has 1 saturated heterocycles. The van der Waals surface area contributed by atoms with Crippen LogP contribution in [0.1, 0.15) is 5.56 Å². The minimum Gasteiger partial charge on any atom is -0.373 e. The van der Waals surface area contributed by atoms with Crippen LogP contribution >= 0.6 is 0 Å². The molecule has 0 saturated carbocycles. The van der Waals surface area contributed by atoms with E-state index in [0.717, 1.165) is 12.0 Å². The summed E-state index contributed by atoms with van der Waals surface area (Å²) in [7, 11) is 0. The molecule has 0 radical (unpaired) electrons. The Bertz CT molecular complexity index is 602. The molecule has 1 N–H and O–H groups in total. The van der Waals surface area contributed by atoms with E-state index in [4.69, 9.17) is 4.74 Å². The second-order valence-corrected chi connectivity index (χ2v) is 5.51. The number of nitrogens with one attached hydrogen (secondary N) is 1. The van der Waals surface area contributed by atoms with Crippen LogP contribution in [0.2, 0.25) is 0 Å². The van der Waals surface area contributed by atoms with Gasteiger partial charge >= 0.3 is 6.03 Å². The van der Waals surface area contributed by atoms with Gasteiger partial charge in [-0.15, -0.1) is 0 Å². The van der Waals surface area contributed by atoms with Crippen molar-refractivity contribution in [2.75, 3.05) is 26.2 Å². The van der Waals surface area contributed by atoms with Crippen molar-refractivity contribution < 1.29 is 9.53 Å². The molecule has 1 fully saturated rings. The number of rotatable bonds is 5. The predicted octanol–water partition coefficient (Wildman–Crippen LogP) is 0.931. The lowest BCUT2D eigenvalue weighted by atomic mass is 10.2. The third kappa shape index (κ3) is 4.53. The number of hydrogen-bond acceptors (Lipinski definition) is 4. The van der Waals surface area contributed by atoms with E-state index in [9.17, 15) is 4.79 Å². The minimum absolute atomic E-state index is 0.0206. The van der Waals surface area contributed by atoms with Crippen LogP contribution in [0.4, 0.5) is 4.79 Å². The Balaban J connectivity index is 1.43. The highest BCUT2D eigenvalue weighted by Crippen LogP contribution is 2.07. The number of amides is 2. The Morgan fingerprint density at radius 2 is 2.35 bits per heavy atom. The Morgan fingerprint density at radius 1 is 1.39 bits per heavy atom. The number of carbonyl (C=O) groups excluding carboxylic acids is 1. The average molecular weight is 315 g/mol. The summed E-state index contributed by atoms with van der Waals surface area (Å²) >= 11 is 0. The van der Waals surface area contributed by atoms with E-state index in [2.05, 4.69) is 15.4 Å². The number of aromatic nitrogens is 3. The fraction of sp³-hybridized carbons (Fsp3) is 0.438. The van der Waals surface area contributed by atoms with Gasteiger partial charge in [-0.25, -0.2) is 4.79 Å². The van der Waals surface area contributed by atoms with Crippen molar-refractivity contribution in [1.82, 2.24) is 25.0 Å². The number of ether oxygens (including phenoxy) is 1. The van der Waals surface area contributed by atoms with Crippen LogP contribution in [0.3, 0.4) is 0 Å². The van der Waals surface area contributed by atoms with Gasteiger partial charge in [-0.05, 0) is 24.1 Å². The number of urea groups is 1. The van der Waals surface area contributed by atoms with Crippen LogP contribution in [-0.2, 0) is 17.7 Å². The topological polar surface area (TPSA) is 72.3 Å². The summed E-state index contributed by atoms with van der Waals surface area (Å²) in [6, 6.07) is 5.75. The highest BCUT2D eigenvalue weighted by atomic mass is 16.5. The van der Waals surface area contributed by atoms with Gasteiger partial charge in [0.15, 0.2) is 0 Å². The SMILES string of the molecule is O=C(NCCc1cccnc1)N1CCOC(Cn2cccn2)C1. The Labute approximate surface area is 135 Å². The number of carbonyl (C=O) groups is 1. The molecule has 122 valence electrons. The van der Waals surface area contributed by atoms with E-state index < -0.39 is 0 Å². The number of pyridine rings is 1. The second-order valence-electron chi connectivity index (χ2n) is 5.51. The summed E-state index contributed by atoms with van der Waals surface area (Å²) in [4.78, 5) is 18.1. The van der Waals surface area contributed by atoms with Gasteiger partial charge in [-0.1, -0.05) is 6.07 Å². The molecule has 7 heteroatoms. The molecule has 3 rings (SSSR count). The van der Waals surface area contributed by atoms with Gasteiger partial charge < -0.3 is 15.0 Å². The lowest BCUT2D eigenvalue weighted by Gasteiger charge is -2.32. The lowest BCUT2D eigenvalue weighted by Crippen LogP contribution is -2.50. The normalized spacial score (nSPS) is 17.9. The maximum Gasteiger partial charge on any atom is 0.317 e. The van der Waals surface area contributed by atoms with Gasteiger partial charge in [0.05, 0.1) is 25.8 Å². The molecule has 0 spiro atoms. The predicted molar refractivity (Wildman–Crippen MR) is 84.9 cm³/mol. The van der Waals surface area contributed by atoms with Gasteiger partial charge in [-0.3, -0.25) is 9.67 Å². The first-order valence-electron chi connectivity index (χ1n) is 7.82. The van der Waals surface area contributed by atoms with Crippen molar-refractivity contribution in [3.63, 3.8) is 0 Å². The highest BCUT2D eigenvalue weighted by molar-refractivity contribution is 5.74. The smallest absolute Gasteiger partial charge is 0.317 e. The van der Waals surface area contributed by atoms with Gasteiger partial charge in [0, 0.05) is 37.9 Å². The van der Waals surface area contributed by atoms with Crippen LogP contribution in [0.15, 0.2) is 43.0 Å². The van der Waals surface area contributed by atoms with Crippen molar-refractivity contribution in [3.05, 3.63) is 48.5 Å². The molecule has 2 amide bonds. The number of hydrogen-bond donors (Lipinski definition) is 1. The van der Waals surface area contributed by atoms with Crippen molar-refractivity contribution in [3.8, 4) is 0 Å². The van der Waals surface area contributed by atoms with Crippen molar-refractivity contribution in [1.29, 1.82) is 0 Å². The molecule has 2 aromatic heterocycles. The van der Waals surface area contributed by atoms with Crippen LogP contribution in [0.25, 0.3) is 0 Å². The summed E-state index contributed by atoms with van der Waals surface area (Å²) < 4.78 is 7.54. The Hall–Kier alpha value is -2.41. The zero-order valence-electron chi connectivity index (χ0n) is 13.0. The zero-order valence-corrected chi connectivity index (χ0v) is 13.0. The molecule has 0 aliphatic carbocycles. The lowest BCUT2D eigenvalue weighted by molar-refractivity contribution is -0.0237. The van der Waals surface area contributed by atoms with Gasteiger partial charge in [0.1, 0.15) is 0 Å². The molecule has 7 nitrogen and oxygen atoms in total. The van der Waals surface area contributed by atoms with Crippen molar-refractivity contribution in [2.24, 2.45) is 0 Å². The van der Waals surface area contributed by atoms with E-state index in [1.165, 1.54) is 0 Å². The third-order valence-electron chi connectivity index (χ3n) is 3.79. The molecular formula is C16H21N5O2. The molecule has 2 aromatic rings. The maximum atomic E-state index is 12.3. The fourth-order valence-corrected chi connectivity index (χ4v) is 2.60. The molecule has 0 bridgehead atoms. The summed E-state index contributed by atoms with van der Waals surface area (Å²) in [6.07, 6.45) is 7.96. The minimum atomic E-state index is -0.0392. The van der Waals surface area contributed by atoms with Crippen LogP contribution in [0, 0.1) is 0 Å². The largest absolute Gasteiger partial charge is 0.373 e. The van der Waals surface area contributed by atoms with E-state index in [0.29, 0.717) is 32.8 Å². The Morgan fingerprint density at radius 3 is 3.13 bits per heavy atom. The molecule has 0 aromatic carbocycles. The molecule has 23 heavy (non-hydrogen) atoms. The van der Waals surface area contributed by atoms with Gasteiger partial charge in [0.25, 0.3) is 0 Å². The number of nitrogens with zero attached hydrogens (tertiary/aromatic N) is 4. The standard InChI is InChI=1S/C16H21N5O2/c22-16(18-7-4-14-3-1-5-17-11-14)20-9-10-23-15(12-20)13-21-8-2-6-19-21/h1-3,5-6,8,11,15H,4,7,9-10,12-13H2,(H,18,22). The molecule has 1 aliphatic rings. The molecule has 1 unspecified atom stereocenters. The van der Waals surface area contributed by atoms with E-state index in [-0.39, 0.29) is 12.1 Å². The first kappa shape index (κ1) is 15.5. The first-order valence-corrected chi connectivity index (χ1v) is 7.82. The monoisotopic (exact) mass is 315 g/mol. The molecule has 1 aliphatic heterocycles. The Kier molecular flexibility index (Phi) is 5.21. The van der Waals surface area contributed by atoms with Crippen LogP contribution < -0.4 is 5.32 Å². The highest BCUT2D eigenvalue weighted by Gasteiger charge is 2.24. The summed E-state index contributed by atoms with van der Waals surface area (Å²) in [5.74, 6) is 0. The summed E-state index contributed by atoms with van der Waals surface area (Å²) in [6.45, 7) is 3.02. The summed E-state index contributed by atoms with van der Waals surface area (Å²) in [5, 5.41) is 7.14. The van der Waals surface area contributed by atoms with E-state index in [1.807, 2.05) is 35.3 Å². The first-order chi connectivity index (χ1) is 11.3. The maximum absolute atomic E-state index is 12.3. The third-order valence-corrected chi connectivity index (χ3v) is 3.79. The van der Waals surface area contributed by atoms with Gasteiger partial charge in [-0.2, -0.15) is 5.10 Å². The number of morpholine rings is 1. The summed E-state index contributed by atoms with van der Waals surface area (Å²) in [5.41, 5.74) is 1.12. The van der Waals surface area contributed by atoms with E-state index in [1.54, 1.807) is 17.3 Å². The average Bonchev–Trinajstić information content (AvgIpc) is 3.09.